The van der Waals surface area contributed by atoms with E-state index in [2.05, 4.69) is 12.2 Å². The van der Waals surface area contributed by atoms with E-state index in [9.17, 15) is 4.39 Å². The maximum absolute atomic E-state index is 12.7. The van der Waals surface area contributed by atoms with Crippen LogP contribution in [0.15, 0.2) is 24.3 Å². The summed E-state index contributed by atoms with van der Waals surface area (Å²) in [5.41, 5.74) is 1.24. The van der Waals surface area contributed by atoms with Gasteiger partial charge < -0.3 is 5.32 Å². The average Bonchev–Trinajstić information content (AvgIpc) is 2.71. The van der Waals surface area contributed by atoms with Gasteiger partial charge in [-0.1, -0.05) is 19.1 Å². The number of hydrogen-bond acceptors (Lipinski definition) is 1. The quantitative estimate of drug-likeness (QED) is 0.803. The van der Waals surface area contributed by atoms with Crippen molar-refractivity contribution in [2.24, 2.45) is 0 Å². The molecular weight excluding hydrogens is 189 g/mol. The van der Waals surface area contributed by atoms with Crippen LogP contribution in [-0.4, -0.2) is 12.6 Å². The van der Waals surface area contributed by atoms with Crippen molar-refractivity contribution in [3.05, 3.63) is 35.6 Å². The third-order valence-electron chi connectivity index (χ3n) is 3.24. The molecule has 1 N–H and O–H groups in total. The molecule has 2 heteroatoms. The van der Waals surface area contributed by atoms with Crippen molar-refractivity contribution in [3.8, 4) is 0 Å². The molecule has 15 heavy (non-hydrogen) atoms. The van der Waals surface area contributed by atoms with Crippen LogP contribution in [0.1, 0.15) is 37.7 Å². The van der Waals surface area contributed by atoms with Crippen LogP contribution in [0.4, 0.5) is 4.39 Å². The number of rotatable bonds is 3. The first-order chi connectivity index (χ1) is 7.25. The summed E-state index contributed by atoms with van der Waals surface area (Å²) in [5.74, 6) is 0.367. The second-order valence-electron chi connectivity index (χ2n) is 4.48. The van der Waals surface area contributed by atoms with Crippen molar-refractivity contribution in [1.82, 2.24) is 5.32 Å². The molecule has 1 fully saturated rings. The van der Waals surface area contributed by atoms with Gasteiger partial charge in [-0.2, -0.15) is 0 Å². The minimum atomic E-state index is -0.148. The number of benzene rings is 1. The van der Waals surface area contributed by atoms with Gasteiger partial charge in [0.1, 0.15) is 5.82 Å². The van der Waals surface area contributed by atoms with Gasteiger partial charge in [0.2, 0.25) is 0 Å². The van der Waals surface area contributed by atoms with E-state index in [1.165, 1.54) is 18.4 Å². The number of nitrogens with one attached hydrogen (secondary N) is 1. The van der Waals surface area contributed by atoms with E-state index >= 15 is 0 Å². The van der Waals surface area contributed by atoms with Crippen LogP contribution in [-0.2, 0) is 0 Å². The van der Waals surface area contributed by atoms with Gasteiger partial charge in [-0.05, 0) is 49.4 Å². The molecule has 1 saturated heterocycles. The smallest absolute Gasteiger partial charge is 0.123 e. The summed E-state index contributed by atoms with van der Waals surface area (Å²) in [6, 6.07) is 7.55. The maximum Gasteiger partial charge on any atom is 0.123 e. The standard InChI is InChI=1S/C13H18FN/c1-10(9-13-3-2-8-15-13)11-4-6-12(14)7-5-11/h4-7,10,13,15H,2-3,8-9H2,1H3. The largest absolute Gasteiger partial charge is 0.314 e. The molecule has 1 aliphatic heterocycles. The van der Waals surface area contributed by atoms with Gasteiger partial charge in [-0.15, -0.1) is 0 Å². The SMILES string of the molecule is CC(CC1CCCN1)c1ccc(F)cc1. The van der Waals surface area contributed by atoms with E-state index in [4.69, 9.17) is 0 Å². The average molecular weight is 207 g/mol. The lowest BCUT2D eigenvalue weighted by atomic mass is 9.93. The Morgan fingerprint density at radius 3 is 2.73 bits per heavy atom. The fraction of sp³-hybridized carbons (Fsp3) is 0.538. The van der Waals surface area contributed by atoms with E-state index in [1.807, 2.05) is 12.1 Å². The molecule has 0 aromatic heterocycles. The third kappa shape index (κ3) is 2.78. The molecule has 2 unspecified atom stereocenters. The molecule has 1 aliphatic rings. The summed E-state index contributed by atoms with van der Waals surface area (Å²) in [5, 5.41) is 3.49. The molecule has 1 aromatic rings. The first-order valence-corrected chi connectivity index (χ1v) is 5.74. The van der Waals surface area contributed by atoms with Gasteiger partial charge in [-0.25, -0.2) is 4.39 Å². The van der Waals surface area contributed by atoms with Crippen molar-refractivity contribution in [3.63, 3.8) is 0 Å². The van der Waals surface area contributed by atoms with E-state index in [1.54, 1.807) is 12.1 Å². The predicted octanol–water partition coefficient (Wildman–Crippen LogP) is 3.07. The molecule has 0 radical (unpaired) electrons. The summed E-state index contributed by atoms with van der Waals surface area (Å²) < 4.78 is 12.7. The van der Waals surface area contributed by atoms with E-state index in [-0.39, 0.29) is 5.82 Å². The Balaban J connectivity index is 1.94. The molecule has 2 atom stereocenters. The van der Waals surface area contributed by atoms with Gasteiger partial charge >= 0.3 is 0 Å². The lowest BCUT2D eigenvalue weighted by Gasteiger charge is -2.17. The summed E-state index contributed by atoms with van der Waals surface area (Å²) in [6.07, 6.45) is 3.73. The van der Waals surface area contributed by atoms with E-state index < -0.39 is 0 Å². The van der Waals surface area contributed by atoms with Crippen LogP contribution in [0.5, 0.6) is 0 Å². The fourth-order valence-electron chi connectivity index (χ4n) is 2.31. The van der Waals surface area contributed by atoms with Crippen molar-refractivity contribution in [1.29, 1.82) is 0 Å². The molecule has 2 rings (SSSR count). The third-order valence-corrected chi connectivity index (χ3v) is 3.24. The Kier molecular flexibility index (Phi) is 3.37. The van der Waals surface area contributed by atoms with Crippen LogP contribution in [0, 0.1) is 5.82 Å². The Bertz CT molecular complexity index is 301. The first-order valence-electron chi connectivity index (χ1n) is 5.74. The normalized spacial score (nSPS) is 22.9. The lowest BCUT2D eigenvalue weighted by Crippen LogP contribution is -2.23. The highest BCUT2D eigenvalue weighted by Crippen LogP contribution is 2.23. The van der Waals surface area contributed by atoms with E-state index in [0.717, 1.165) is 13.0 Å². The maximum atomic E-state index is 12.7. The highest BCUT2D eigenvalue weighted by Gasteiger charge is 2.17. The molecule has 0 aliphatic carbocycles. The molecule has 0 bridgehead atoms. The Labute approximate surface area is 90.7 Å². The topological polar surface area (TPSA) is 12.0 Å². The van der Waals surface area contributed by atoms with Gasteiger partial charge in [0.15, 0.2) is 0 Å². The summed E-state index contributed by atoms with van der Waals surface area (Å²) in [4.78, 5) is 0. The molecular formula is C13H18FN. The lowest BCUT2D eigenvalue weighted by molar-refractivity contribution is 0.509. The second-order valence-corrected chi connectivity index (χ2v) is 4.48. The van der Waals surface area contributed by atoms with Gasteiger partial charge in [0.25, 0.3) is 0 Å². The van der Waals surface area contributed by atoms with Gasteiger partial charge in [0.05, 0.1) is 0 Å². The molecule has 82 valence electrons. The highest BCUT2D eigenvalue weighted by molar-refractivity contribution is 5.20. The second kappa shape index (κ2) is 4.75. The number of halogens is 1. The minimum absolute atomic E-state index is 0.148. The first kappa shape index (κ1) is 10.6. The van der Waals surface area contributed by atoms with Crippen LogP contribution in [0.2, 0.25) is 0 Å². The van der Waals surface area contributed by atoms with Gasteiger partial charge in [0, 0.05) is 6.04 Å². The molecule has 0 amide bonds. The Morgan fingerprint density at radius 1 is 1.40 bits per heavy atom. The summed E-state index contributed by atoms with van der Waals surface area (Å²) in [6.45, 7) is 3.37. The monoisotopic (exact) mass is 207 g/mol. The van der Waals surface area contributed by atoms with E-state index in [0.29, 0.717) is 12.0 Å². The van der Waals surface area contributed by atoms with Crippen molar-refractivity contribution in [2.45, 2.75) is 38.1 Å². The summed E-state index contributed by atoms with van der Waals surface area (Å²) in [7, 11) is 0. The molecule has 0 spiro atoms. The minimum Gasteiger partial charge on any atom is -0.314 e. The molecule has 1 aromatic carbocycles. The Morgan fingerprint density at radius 2 is 2.13 bits per heavy atom. The zero-order valence-corrected chi connectivity index (χ0v) is 9.17. The van der Waals surface area contributed by atoms with Crippen molar-refractivity contribution in [2.75, 3.05) is 6.54 Å². The number of hydrogen-bond donors (Lipinski definition) is 1. The molecule has 1 heterocycles. The van der Waals surface area contributed by atoms with Crippen molar-refractivity contribution < 1.29 is 4.39 Å². The zero-order valence-electron chi connectivity index (χ0n) is 9.17. The van der Waals surface area contributed by atoms with Crippen LogP contribution < -0.4 is 5.32 Å². The molecule has 1 nitrogen and oxygen atoms in total. The van der Waals surface area contributed by atoms with Crippen molar-refractivity contribution >= 4 is 0 Å². The summed E-state index contributed by atoms with van der Waals surface area (Å²) >= 11 is 0. The van der Waals surface area contributed by atoms with Crippen LogP contribution in [0.3, 0.4) is 0 Å². The zero-order chi connectivity index (χ0) is 10.7. The van der Waals surface area contributed by atoms with Crippen LogP contribution in [0.25, 0.3) is 0 Å². The van der Waals surface area contributed by atoms with Crippen LogP contribution >= 0.6 is 0 Å². The predicted molar refractivity (Wildman–Crippen MR) is 60.5 cm³/mol. The molecule has 0 saturated carbocycles. The fourth-order valence-corrected chi connectivity index (χ4v) is 2.31. The van der Waals surface area contributed by atoms with Gasteiger partial charge in [-0.3, -0.25) is 0 Å². The highest BCUT2D eigenvalue weighted by atomic mass is 19.1. The Hall–Kier alpha value is -0.890.